The average Bonchev–Trinajstić information content (AvgIpc) is 3.32. The number of carbonyl (C=O) groups is 1. The Morgan fingerprint density at radius 1 is 0.900 bits per heavy atom. The lowest BCUT2D eigenvalue weighted by atomic mass is 10.1. The first-order valence-electron chi connectivity index (χ1n) is 12.8. The molecule has 1 amide bonds. The number of benzene rings is 3. The van der Waals surface area contributed by atoms with E-state index in [4.69, 9.17) is 18.9 Å². The standard InChI is InChI=1S/C31H27N3O6/c1-17(30(35)33-16-18-5-7-19(37-2)8-6-18)40-20-9-11-24-23(15-20)21-13-14-32-27-22-10-12-25(38-3)29(39-4)26(22)31(36)34(24)28(21)27/h5-15,17H,16H2,1-4H3,(H,33,35). The lowest BCUT2D eigenvalue weighted by molar-refractivity contribution is -0.127. The molecule has 6 aromatic rings. The van der Waals surface area contributed by atoms with Crippen molar-refractivity contribution in [2.75, 3.05) is 21.3 Å². The molecule has 1 unspecified atom stereocenters. The Morgan fingerprint density at radius 2 is 1.68 bits per heavy atom. The number of nitrogens with one attached hydrogen (secondary N) is 1. The van der Waals surface area contributed by atoms with E-state index in [9.17, 15) is 9.59 Å². The second-order valence-electron chi connectivity index (χ2n) is 9.42. The summed E-state index contributed by atoms with van der Waals surface area (Å²) in [5.74, 6) is 1.86. The van der Waals surface area contributed by atoms with Crippen molar-refractivity contribution in [1.82, 2.24) is 14.7 Å². The molecule has 0 fully saturated rings. The van der Waals surface area contributed by atoms with Gasteiger partial charge >= 0.3 is 0 Å². The smallest absolute Gasteiger partial charge is 0.267 e. The number of hydrogen-bond donors (Lipinski definition) is 1. The SMILES string of the molecule is COc1ccc(CNC(=O)C(C)Oc2ccc3c(c2)c2ccnc4c5ccc(OC)c(OC)c5c(=O)n3c24)cc1. The van der Waals surface area contributed by atoms with Crippen LogP contribution in [0.5, 0.6) is 23.0 Å². The monoisotopic (exact) mass is 537 g/mol. The number of methoxy groups -OCH3 is 3. The molecule has 6 rings (SSSR count). The number of nitrogens with zero attached hydrogens (tertiary/aromatic N) is 2. The highest BCUT2D eigenvalue weighted by Crippen LogP contribution is 2.39. The Bertz CT molecular complexity index is 1950. The molecular weight excluding hydrogens is 510 g/mol. The molecule has 0 aliphatic carbocycles. The summed E-state index contributed by atoms with van der Waals surface area (Å²) < 4.78 is 23.9. The molecule has 1 atom stereocenters. The van der Waals surface area contributed by atoms with Gasteiger partial charge in [0.05, 0.1) is 43.3 Å². The third-order valence-electron chi connectivity index (χ3n) is 7.17. The Labute approximate surface area is 229 Å². The van der Waals surface area contributed by atoms with E-state index in [2.05, 4.69) is 10.3 Å². The Balaban J connectivity index is 1.37. The van der Waals surface area contributed by atoms with Gasteiger partial charge in [0.15, 0.2) is 17.6 Å². The van der Waals surface area contributed by atoms with Crippen molar-refractivity contribution in [2.24, 2.45) is 0 Å². The Kier molecular flexibility index (Phi) is 6.26. The second-order valence-corrected chi connectivity index (χ2v) is 9.42. The molecule has 0 spiro atoms. The molecule has 3 aromatic heterocycles. The van der Waals surface area contributed by atoms with Crippen molar-refractivity contribution in [3.8, 4) is 23.0 Å². The lowest BCUT2D eigenvalue weighted by Crippen LogP contribution is -2.35. The number of fused-ring (bicyclic) bond motifs is 5. The molecule has 0 aliphatic rings. The van der Waals surface area contributed by atoms with Crippen LogP contribution in [-0.4, -0.2) is 42.7 Å². The van der Waals surface area contributed by atoms with Crippen molar-refractivity contribution in [2.45, 2.75) is 19.6 Å². The third-order valence-corrected chi connectivity index (χ3v) is 7.17. The van der Waals surface area contributed by atoms with Crippen LogP contribution in [0.25, 0.3) is 38.1 Å². The molecule has 0 saturated heterocycles. The van der Waals surface area contributed by atoms with Crippen LogP contribution in [0.1, 0.15) is 12.5 Å². The van der Waals surface area contributed by atoms with Gasteiger partial charge in [-0.25, -0.2) is 0 Å². The van der Waals surface area contributed by atoms with Crippen molar-refractivity contribution in [1.29, 1.82) is 0 Å². The number of rotatable bonds is 8. The summed E-state index contributed by atoms with van der Waals surface area (Å²) in [5.41, 5.74) is 2.81. The van der Waals surface area contributed by atoms with Crippen LogP contribution >= 0.6 is 0 Å². The number of amides is 1. The molecule has 9 nitrogen and oxygen atoms in total. The first-order chi connectivity index (χ1) is 19.4. The van der Waals surface area contributed by atoms with Gasteiger partial charge in [0.2, 0.25) is 0 Å². The molecular formula is C31H27N3O6. The quantitative estimate of drug-likeness (QED) is 0.281. The molecule has 0 radical (unpaired) electrons. The van der Waals surface area contributed by atoms with Crippen LogP contribution < -0.4 is 29.8 Å². The van der Waals surface area contributed by atoms with Crippen LogP contribution in [0, 0.1) is 0 Å². The zero-order chi connectivity index (χ0) is 28.0. The van der Waals surface area contributed by atoms with Gasteiger partial charge in [0, 0.05) is 28.9 Å². The van der Waals surface area contributed by atoms with E-state index in [1.54, 1.807) is 36.8 Å². The fourth-order valence-electron chi connectivity index (χ4n) is 5.21. The molecule has 0 aliphatic heterocycles. The van der Waals surface area contributed by atoms with Crippen molar-refractivity contribution < 1.29 is 23.7 Å². The van der Waals surface area contributed by atoms with Gasteiger partial charge < -0.3 is 24.3 Å². The van der Waals surface area contributed by atoms with Crippen LogP contribution in [0.15, 0.2) is 71.7 Å². The van der Waals surface area contributed by atoms with Crippen LogP contribution in [0.3, 0.4) is 0 Å². The minimum atomic E-state index is -0.737. The van der Waals surface area contributed by atoms with Gasteiger partial charge in [-0.2, -0.15) is 0 Å². The summed E-state index contributed by atoms with van der Waals surface area (Å²) in [5, 5.41) is 5.66. The number of pyridine rings is 2. The molecule has 40 heavy (non-hydrogen) atoms. The number of hydrogen-bond acceptors (Lipinski definition) is 7. The van der Waals surface area contributed by atoms with E-state index in [0.717, 1.165) is 22.1 Å². The van der Waals surface area contributed by atoms with Crippen LogP contribution in [0.4, 0.5) is 0 Å². The highest BCUT2D eigenvalue weighted by Gasteiger charge is 2.23. The first kappa shape index (κ1) is 25.2. The lowest BCUT2D eigenvalue weighted by Gasteiger charge is -2.15. The van der Waals surface area contributed by atoms with Gasteiger partial charge in [0.1, 0.15) is 11.5 Å². The van der Waals surface area contributed by atoms with E-state index in [0.29, 0.717) is 51.1 Å². The van der Waals surface area contributed by atoms with Gasteiger partial charge in [0.25, 0.3) is 11.5 Å². The summed E-state index contributed by atoms with van der Waals surface area (Å²) >= 11 is 0. The number of ether oxygens (including phenoxy) is 4. The number of aromatic nitrogens is 2. The predicted octanol–water partition coefficient (Wildman–Crippen LogP) is 4.70. The molecule has 3 heterocycles. The van der Waals surface area contributed by atoms with E-state index >= 15 is 0 Å². The van der Waals surface area contributed by atoms with Crippen molar-refractivity contribution >= 4 is 44.0 Å². The topological polar surface area (TPSA) is 100 Å². The first-order valence-corrected chi connectivity index (χ1v) is 12.8. The maximum Gasteiger partial charge on any atom is 0.267 e. The second kappa shape index (κ2) is 9.92. The minimum Gasteiger partial charge on any atom is -0.497 e. The largest absolute Gasteiger partial charge is 0.497 e. The van der Waals surface area contributed by atoms with Crippen molar-refractivity contribution in [3.05, 3.63) is 82.8 Å². The van der Waals surface area contributed by atoms with Crippen LogP contribution in [0.2, 0.25) is 0 Å². The summed E-state index contributed by atoms with van der Waals surface area (Å²) in [6.45, 7) is 2.07. The average molecular weight is 538 g/mol. The summed E-state index contributed by atoms with van der Waals surface area (Å²) in [6, 6.07) is 18.4. The Morgan fingerprint density at radius 3 is 2.40 bits per heavy atom. The van der Waals surface area contributed by atoms with E-state index in [-0.39, 0.29) is 11.5 Å². The molecule has 202 valence electrons. The normalized spacial score (nSPS) is 12.2. The third kappa shape index (κ3) is 3.98. The van der Waals surface area contributed by atoms with E-state index < -0.39 is 6.10 Å². The van der Waals surface area contributed by atoms with Crippen molar-refractivity contribution in [3.63, 3.8) is 0 Å². The van der Waals surface area contributed by atoms with Gasteiger partial charge in [-0.1, -0.05) is 12.1 Å². The van der Waals surface area contributed by atoms with E-state index in [1.165, 1.54) is 14.2 Å². The number of carbonyl (C=O) groups excluding carboxylic acids is 1. The highest BCUT2D eigenvalue weighted by atomic mass is 16.5. The molecule has 1 N–H and O–H groups in total. The maximum absolute atomic E-state index is 13.9. The fourth-order valence-corrected chi connectivity index (χ4v) is 5.21. The predicted molar refractivity (Wildman–Crippen MR) is 153 cm³/mol. The molecule has 0 bridgehead atoms. The van der Waals surface area contributed by atoms with Gasteiger partial charge in [-0.3, -0.25) is 19.0 Å². The molecule has 3 aromatic carbocycles. The van der Waals surface area contributed by atoms with Gasteiger partial charge in [-0.05, 0) is 61.0 Å². The minimum absolute atomic E-state index is 0.230. The Hall–Kier alpha value is -5.05. The zero-order valence-electron chi connectivity index (χ0n) is 22.5. The summed E-state index contributed by atoms with van der Waals surface area (Å²) in [4.78, 5) is 31.3. The maximum atomic E-state index is 13.9. The molecule has 9 heteroatoms. The van der Waals surface area contributed by atoms with Crippen LogP contribution in [-0.2, 0) is 11.3 Å². The zero-order valence-corrected chi connectivity index (χ0v) is 22.5. The summed E-state index contributed by atoms with van der Waals surface area (Å²) in [7, 11) is 4.66. The summed E-state index contributed by atoms with van der Waals surface area (Å²) in [6.07, 6.45) is 0.986. The highest BCUT2D eigenvalue weighted by molar-refractivity contribution is 6.19. The van der Waals surface area contributed by atoms with Gasteiger partial charge in [-0.15, -0.1) is 0 Å². The molecule has 0 saturated carbocycles. The van der Waals surface area contributed by atoms with E-state index in [1.807, 2.05) is 48.5 Å². The fraction of sp³-hybridized carbons (Fsp3) is 0.194.